The van der Waals surface area contributed by atoms with Gasteiger partial charge in [-0.05, 0) is 25.7 Å². The SMILES string of the molecule is CCc1nncn1CCNC(=NCC(=O)N(C)C)NC(C)CCC(C)C.I. The van der Waals surface area contributed by atoms with Crippen molar-refractivity contribution < 1.29 is 4.79 Å². The number of rotatable bonds is 10. The Bertz CT molecular complexity index is 572. The number of hydrogen-bond donors (Lipinski definition) is 2. The van der Waals surface area contributed by atoms with Crippen molar-refractivity contribution in [2.75, 3.05) is 27.2 Å². The second-order valence-electron chi connectivity index (χ2n) is 7.19. The maximum absolute atomic E-state index is 11.8. The summed E-state index contributed by atoms with van der Waals surface area (Å²) in [6.07, 6.45) is 4.80. The Morgan fingerprint density at radius 3 is 2.59 bits per heavy atom. The molecule has 0 aliphatic rings. The van der Waals surface area contributed by atoms with Gasteiger partial charge < -0.3 is 20.1 Å². The largest absolute Gasteiger partial charge is 0.355 e. The lowest BCUT2D eigenvalue weighted by Gasteiger charge is -2.19. The number of nitrogens with zero attached hydrogens (tertiary/aromatic N) is 5. The molecule has 8 nitrogen and oxygen atoms in total. The van der Waals surface area contributed by atoms with Gasteiger partial charge >= 0.3 is 0 Å². The molecule has 0 aliphatic heterocycles. The minimum Gasteiger partial charge on any atom is -0.355 e. The van der Waals surface area contributed by atoms with Crippen LogP contribution in [0.15, 0.2) is 11.3 Å². The van der Waals surface area contributed by atoms with Crippen LogP contribution in [0.2, 0.25) is 0 Å². The maximum Gasteiger partial charge on any atom is 0.243 e. The smallest absolute Gasteiger partial charge is 0.243 e. The molecule has 1 amide bonds. The highest BCUT2D eigenvalue weighted by Gasteiger charge is 2.09. The van der Waals surface area contributed by atoms with Crippen molar-refractivity contribution in [1.82, 2.24) is 30.3 Å². The van der Waals surface area contributed by atoms with E-state index in [9.17, 15) is 4.79 Å². The molecule has 0 saturated carbocycles. The summed E-state index contributed by atoms with van der Waals surface area (Å²) >= 11 is 0. The summed E-state index contributed by atoms with van der Waals surface area (Å²) in [6.45, 7) is 10.2. The molecular formula is C18H36IN7O. The number of aryl methyl sites for hydroxylation is 1. The Hall–Kier alpha value is -1.39. The molecule has 1 atom stereocenters. The molecule has 0 bridgehead atoms. The predicted octanol–water partition coefficient (Wildman–Crippen LogP) is 1.91. The van der Waals surface area contributed by atoms with Crippen molar-refractivity contribution in [1.29, 1.82) is 0 Å². The van der Waals surface area contributed by atoms with Crippen LogP contribution < -0.4 is 10.6 Å². The molecular weight excluding hydrogens is 457 g/mol. The second-order valence-corrected chi connectivity index (χ2v) is 7.19. The average Bonchev–Trinajstić information content (AvgIpc) is 3.04. The fourth-order valence-corrected chi connectivity index (χ4v) is 2.36. The number of carbonyl (C=O) groups excluding carboxylic acids is 1. The lowest BCUT2D eigenvalue weighted by molar-refractivity contribution is -0.127. The zero-order chi connectivity index (χ0) is 19.5. The highest BCUT2D eigenvalue weighted by atomic mass is 127. The zero-order valence-corrected chi connectivity index (χ0v) is 19.9. The average molecular weight is 493 g/mol. The minimum atomic E-state index is -0.0204. The van der Waals surface area contributed by atoms with Crippen molar-refractivity contribution in [2.24, 2.45) is 10.9 Å². The lowest BCUT2D eigenvalue weighted by Crippen LogP contribution is -2.44. The molecule has 0 aliphatic carbocycles. The van der Waals surface area contributed by atoms with E-state index in [1.165, 1.54) is 0 Å². The van der Waals surface area contributed by atoms with Crippen molar-refractivity contribution in [3.8, 4) is 0 Å². The van der Waals surface area contributed by atoms with Crippen molar-refractivity contribution >= 4 is 35.8 Å². The summed E-state index contributed by atoms with van der Waals surface area (Å²) < 4.78 is 2.03. The van der Waals surface area contributed by atoms with E-state index in [0.29, 0.717) is 24.5 Å². The third-order valence-electron chi connectivity index (χ3n) is 4.09. The molecule has 0 aromatic carbocycles. The van der Waals surface area contributed by atoms with E-state index in [4.69, 9.17) is 0 Å². The summed E-state index contributed by atoms with van der Waals surface area (Å²) in [6, 6.07) is 0.291. The number of halogens is 1. The van der Waals surface area contributed by atoms with Crippen LogP contribution in [-0.2, 0) is 17.8 Å². The molecule has 0 saturated heterocycles. The monoisotopic (exact) mass is 493 g/mol. The first-order chi connectivity index (χ1) is 12.3. The number of aromatic nitrogens is 3. The third kappa shape index (κ3) is 10.5. The Morgan fingerprint density at radius 1 is 1.30 bits per heavy atom. The van der Waals surface area contributed by atoms with E-state index in [1.54, 1.807) is 25.3 Å². The Balaban J connectivity index is 0.00000676. The molecule has 27 heavy (non-hydrogen) atoms. The van der Waals surface area contributed by atoms with Gasteiger partial charge in [0.05, 0.1) is 0 Å². The van der Waals surface area contributed by atoms with Crippen LogP contribution >= 0.6 is 24.0 Å². The first-order valence-electron chi connectivity index (χ1n) is 9.45. The topological polar surface area (TPSA) is 87.4 Å². The number of aliphatic imine (C=N–C) groups is 1. The van der Waals surface area contributed by atoms with Crippen LogP contribution in [0.25, 0.3) is 0 Å². The highest BCUT2D eigenvalue weighted by molar-refractivity contribution is 14.0. The predicted molar refractivity (Wildman–Crippen MR) is 120 cm³/mol. The Kier molecular flexibility index (Phi) is 13.0. The van der Waals surface area contributed by atoms with E-state index in [0.717, 1.165) is 31.6 Å². The van der Waals surface area contributed by atoms with Gasteiger partial charge in [0.15, 0.2) is 5.96 Å². The molecule has 1 aromatic rings. The molecule has 0 radical (unpaired) electrons. The Labute approximate surface area is 180 Å². The van der Waals surface area contributed by atoms with Crippen LogP contribution in [0, 0.1) is 5.92 Å². The molecule has 1 heterocycles. The van der Waals surface area contributed by atoms with Gasteiger partial charge in [0.2, 0.25) is 5.91 Å². The van der Waals surface area contributed by atoms with Crippen LogP contribution in [0.5, 0.6) is 0 Å². The third-order valence-corrected chi connectivity index (χ3v) is 4.09. The second kappa shape index (κ2) is 13.7. The summed E-state index contributed by atoms with van der Waals surface area (Å²) in [4.78, 5) is 17.8. The van der Waals surface area contributed by atoms with Crippen molar-refractivity contribution in [3.05, 3.63) is 12.2 Å². The number of amides is 1. The zero-order valence-electron chi connectivity index (χ0n) is 17.5. The van der Waals surface area contributed by atoms with E-state index < -0.39 is 0 Å². The number of carbonyl (C=O) groups is 1. The molecule has 1 aromatic heterocycles. The molecule has 156 valence electrons. The Morgan fingerprint density at radius 2 is 2.00 bits per heavy atom. The minimum absolute atomic E-state index is 0. The summed E-state index contributed by atoms with van der Waals surface area (Å²) in [5, 5.41) is 14.8. The van der Waals surface area contributed by atoms with Gasteiger partial charge in [-0.2, -0.15) is 0 Å². The summed E-state index contributed by atoms with van der Waals surface area (Å²) in [7, 11) is 3.48. The van der Waals surface area contributed by atoms with Gasteiger partial charge in [0.1, 0.15) is 18.7 Å². The summed E-state index contributed by atoms with van der Waals surface area (Å²) in [5.74, 6) is 2.28. The molecule has 1 unspecified atom stereocenters. The highest BCUT2D eigenvalue weighted by Crippen LogP contribution is 2.06. The quantitative estimate of drug-likeness (QED) is 0.296. The van der Waals surface area contributed by atoms with Crippen molar-refractivity contribution in [3.63, 3.8) is 0 Å². The number of nitrogens with one attached hydrogen (secondary N) is 2. The van der Waals surface area contributed by atoms with Crippen LogP contribution in [0.1, 0.15) is 46.4 Å². The first-order valence-corrected chi connectivity index (χ1v) is 9.45. The van der Waals surface area contributed by atoms with Crippen molar-refractivity contribution in [2.45, 2.75) is 59.5 Å². The molecule has 1 rings (SSSR count). The number of guanidine groups is 1. The van der Waals surface area contributed by atoms with Gasteiger partial charge in [-0.15, -0.1) is 34.2 Å². The molecule has 2 N–H and O–H groups in total. The van der Waals surface area contributed by atoms with E-state index in [1.807, 2.05) is 4.57 Å². The van der Waals surface area contributed by atoms with Crippen LogP contribution in [0.4, 0.5) is 0 Å². The molecule has 0 fully saturated rings. The van der Waals surface area contributed by atoms with E-state index in [-0.39, 0.29) is 36.4 Å². The van der Waals surface area contributed by atoms with Crippen LogP contribution in [0.3, 0.4) is 0 Å². The van der Waals surface area contributed by atoms with Crippen LogP contribution in [-0.4, -0.2) is 64.8 Å². The fourth-order valence-electron chi connectivity index (χ4n) is 2.36. The summed E-state index contributed by atoms with van der Waals surface area (Å²) in [5.41, 5.74) is 0. The van der Waals surface area contributed by atoms with Gasteiger partial charge in [-0.25, -0.2) is 4.99 Å². The van der Waals surface area contributed by atoms with Gasteiger partial charge in [0, 0.05) is 39.6 Å². The lowest BCUT2D eigenvalue weighted by atomic mass is 10.0. The maximum atomic E-state index is 11.8. The standard InChI is InChI=1S/C18H35N7O.HI/c1-7-16-23-21-13-25(16)11-10-19-18(20-12-17(26)24(5)6)22-15(4)9-8-14(2)3;/h13-15H,7-12H2,1-6H3,(H2,19,20,22);1H. The van der Waals surface area contributed by atoms with Gasteiger partial charge in [-0.3, -0.25) is 4.79 Å². The van der Waals surface area contributed by atoms with Gasteiger partial charge in [0.25, 0.3) is 0 Å². The van der Waals surface area contributed by atoms with E-state index >= 15 is 0 Å². The molecule has 9 heteroatoms. The van der Waals surface area contributed by atoms with E-state index in [2.05, 4.69) is 53.5 Å². The number of likely N-dealkylation sites (N-methyl/N-ethyl adjacent to an activating group) is 1. The van der Waals surface area contributed by atoms with Gasteiger partial charge in [-0.1, -0.05) is 20.8 Å². The molecule has 0 spiro atoms. The number of hydrogen-bond acceptors (Lipinski definition) is 4. The fraction of sp³-hybridized carbons (Fsp3) is 0.778. The normalized spacial score (nSPS) is 12.5. The first kappa shape index (κ1) is 25.6.